The first-order valence-electron chi connectivity index (χ1n) is 4.54. The summed E-state index contributed by atoms with van der Waals surface area (Å²) in [4.78, 5) is 3.98. The predicted octanol–water partition coefficient (Wildman–Crippen LogP) is 2.39. The highest BCUT2D eigenvalue weighted by atomic mass is 32.2. The molecule has 1 aromatic rings. The first kappa shape index (κ1) is 8.88. The minimum absolute atomic E-state index is 0.531. The van der Waals surface area contributed by atoms with Crippen LogP contribution in [0.5, 0.6) is 0 Å². The van der Waals surface area contributed by atoms with Gasteiger partial charge in [0.15, 0.2) is 0 Å². The third-order valence-corrected chi connectivity index (χ3v) is 3.95. The van der Waals surface area contributed by atoms with Crippen molar-refractivity contribution < 1.29 is 0 Å². The molecule has 13 heavy (non-hydrogen) atoms. The number of thioether (sulfide) groups is 1. The molecule has 70 valence electrons. The zero-order valence-electron chi connectivity index (χ0n) is 7.79. The van der Waals surface area contributed by atoms with Gasteiger partial charge in [0, 0.05) is 29.4 Å². The Bertz CT molecular complexity index is 270. The highest BCUT2D eigenvalue weighted by Gasteiger charge is 2.41. The molecule has 0 aliphatic heterocycles. The van der Waals surface area contributed by atoms with Crippen molar-refractivity contribution in [2.24, 2.45) is 0 Å². The molecule has 0 bridgehead atoms. The second-order valence-corrected chi connectivity index (χ2v) is 4.75. The second kappa shape index (κ2) is 3.58. The van der Waals surface area contributed by atoms with Crippen molar-refractivity contribution in [1.29, 1.82) is 0 Å². The van der Waals surface area contributed by atoms with Crippen LogP contribution in [0.15, 0.2) is 24.5 Å². The normalized spacial score (nSPS) is 18.2. The van der Waals surface area contributed by atoms with Crippen LogP contribution in [-0.4, -0.2) is 22.5 Å². The molecule has 1 saturated carbocycles. The number of hydrogen-bond acceptors (Lipinski definition) is 3. The van der Waals surface area contributed by atoms with Gasteiger partial charge in [-0.1, -0.05) is 0 Å². The third-order valence-electron chi connectivity index (χ3n) is 2.54. The summed E-state index contributed by atoms with van der Waals surface area (Å²) in [6.07, 6.45) is 8.54. The quantitative estimate of drug-likeness (QED) is 0.796. The lowest BCUT2D eigenvalue weighted by molar-refractivity contribution is 0.948. The summed E-state index contributed by atoms with van der Waals surface area (Å²) < 4.78 is 0.531. The van der Waals surface area contributed by atoms with Gasteiger partial charge >= 0.3 is 0 Å². The van der Waals surface area contributed by atoms with Crippen molar-refractivity contribution in [1.82, 2.24) is 4.98 Å². The Kier molecular flexibility index (Phi) is 2.44. The molecule has 0 amide bonds. The smallest absolute Gasteiger partial charge is 0.0371 e. The standard InChI is InChI=1S/C10H14N2S/c1-13-10(4-5-10)8-12-9-2-6-11-7-3-9/h2-3,6-7H,4-5,8H2,1H3,(H,11,12). The van der Waals surface area contributed by atoms with E-state index in [4.69, 9.17) is 0 Å². The molecule has 0 spiro atoms. The van der Waals surface area contributed by atoms with Gasteiger partial charge in [-0.2, -0.15) is 11.8 Å². The number of pyridine rings is 1. The molecule has 0 radical (unpaired) electrons. The summed E-state index contributed by atoms with van der Waals surface area (Å²) in [7, 11) is 0. The SMILES string of the molecule is CSC1(CNc2ccncc2)CC1. The van der Waals surface area contributed by atoms with Gasteiger partial charge < -0.3 is 5.32 Å². The van der Waals surface area contributed by atoms with Crippen molar-refractivity contribution in [2.45, 2.75) is 17.6 Å². The summed E-state index contributed by atoms with van der Waals surface area (Å²) in [5.41, 5.74) is 1.18. The minimum atomic E-state index is 0.531. The molecular weight excluding hydrogens is 180 g/mol. The van der Waals surface area contributed by atoms with E-state index in [9.17, 15) is 0 Å². The van der Waals surface area contributed by atoms with Gasteiger partial charge in [-0.15, -0.1) is 0 Å². The molecule has 3 heteroatoms. The van der Waals surface area contributed by atoms with Gasteiger partial charge in [-0.25, -0.2) is 0 Å². The van der Waals surface area contributed by atoms with E-state index < -0.39 is 0 Å². The predicted molar refractivity (Wildman–Crippen MR) is 58.2 cm³/mol. The summed E-state index contributed by atoms with van der Waals surface area (Å²) in [6.45, 7) is 1.08. The van der Waals surface area contributed by atoms with Gasteiger partial charge in [-0.05, 0) is 31.2 Å². The maximum atomic E-state index is 3.98. The molecular formula is C10H14N2S. The summed E-state index contributed by atoms with van der Waals surface area (Å²) in [5, 5.41) is 3.44. The number of nitrogens with zero attached hydrogens (tertiary/aromatic N) is 1. The molecule has 2 nitrogen and oxygen atoms in total. The Hall–Kier alpha value is -0.700. The van der Waals surface area contributed by atoms with Crippen molar-refractivity contribution in [3.05, 3.63) is 24.5 Å². The fraction of sp³-hybridized carbons (Fsp3) is 0.500. The van der Waals surface area contributed by atoms with Crippen LogP contribution in [0.4, 0.5) is 5.69 Å². The Labute approximate surface area is 83.1 Å². The highest BCUT2D eigenvalue weighted by Crippen LogP contribution is 2.46. The molecule has 1 heterocycles. The van der Waals surface area contributed by atoms with Crippen LogP contribution in [-0.2, 0) is 0 Å². The summed E-state index contributed by atoms with van der Waals surface area (Å²) in [6, 6.07) is 4.02. The van der Waals surface area contributed by atoms with E-state index in [-0.39, 0.29) is 0 Å². The fourth-order valence-corrected chi connectivity index (χ4v) is 2.05. The Morgan fingerprint density at radius 1 is 1.46 bits per heavy atom. The Balaban J connectivity index is 1.86. The van der Waals surface area contributed by atoms with E-state index in [0.717, 1.165) is 6.54 Å². The lowest BCUT2D eigenvalue weighted by Crippen LogP contribution is -2.17. The molecule has 2 rings (SSSR count). The van der Waals surface area contributed by atoms with Crippen LogP contribution in [0.1, 0.15) is 12.8 Å². The minimum Gasteiger partial charge on any atom is -0.384 e. The van der Waals surface area contributed by atoms with Gasteiger partial charge in [0.1, 0.15) is 0 Å². The molecule has 1 aliphatic rings. The van der Waals surface area contributed by atoms with Crippen LogP contribution in [0.2, 0.25) is 0 Å². The summed E-state index contributed by atoms with van der Waals surface area (Å²) >= 11 is 1.98. The fourth-order valence-electron chi connectivity index (χ4n) is 1.33. The zero-order chi connectivity index (χ0) is 9.15. The Morgan fingerprint density at radius 3 is 2.69 bits per heavy atom. The van der Waals surface area contributed by atoms with Crippen LogP contribution in [0.3, 0.4) is 0 Å². The van der Waals surface area contributed by atoms with Crippen LogP contribution < -0.4 is 5.32 Å². The average molecular weight is 194 g/mol. The second-order valence-electron chi connectivity index (χ2n) is 3.48. The van der Waals surface area contributed by atoms with Gasteiger partial charge in [-0.3, -0.25) is 4.98 Å². The van der Waals surface area contributed by atoms with Crippen molar-refractivity contribution in [3.8, 4) is 0 Å². The zero-order valence-corrected chi connectivity index (χ0v) is 8.60. The average Bonchev–Trinajstić information content (AvgIpc) is 2.97. The topological polar surface area (TPSA) is 24.9 Å². The maximum absolute atomic E-state index is 3.98. The van der Waals surface area contributed by atoms with Crippen molar-refractivity contribution in [2.75, 3.05) is 18.1 Å². The van der Waals surface area contributed by atoms with E-state index >= 15 is 0 Å². The van der Waals surface area contributed by atoms with Crippen molar-refractivity contribution >= 4 is 17.4 Å². The van der Waals surface area contributed by atoms with Gasteiger partial charge in [0.25, 0.3) is 0 Å². The molecule has 0 atom stereocenters. The molecule has 0 saturated heterocycles. The number of rotatable bonds is 4. The van der Waals surface area contributed by atoms with E-state index in [1.807, 2.05) is 36.3 Å². The van der Waals surface area contributed by atoms with Crippen LogP contribution in [0.25, 0.3) is 0 Å². The lowest BCUT2D eigenvalue weighted by atomic mass is 10.3. The first-order valence-corrected chi connectivity index (χ1v) is 5.76. The monoisotopic (exact) mass is 194 g/mol. The van der Waals surface area contributed by atoms with Gasteiger partial charge in [0.2, 0.25) is 0 Å². The van der Waals surface area contributed by atoms with Crippen LogP contribution in [0, 0.1) is 0 Å². The number of aromatic nitrogens is 1. The maximum Gasteiger partial charge on any atom is 0.0371 e. The summed E-state index contributed by atoms with van der Waals surface area (Å²) in [5.74, 6) is 0. The van der Waals surface area contributed by atoms with E-state index in [1.54, 1.807) is 0 Å². The van der Waals surface area contributed by atoms with Crippen LogP contribution >= 0.6 is 11.8 Å². The molecule has 1 aliphatic carbocycles. The molecule has 0 unspecified atom stereocenters. The molecule has 1 aromatic heterocycles. The van der Waals surface area contributed by atoms with E-state index in [2.05, 4.69) is 16.6 Å². The number of nitrogens with one attached hydrogen (secondary N) is 1. The Morgan fingerprint density at radius 2 is 2.15 bits per heavy atom. The number of anilines is 1. The molecule has 1 N–H and O–H groups in total. The lowest BCUT2D eigenvalue weighted by Gasteiger charge is -2.13. The first-order chi connectivity index (χ1) is 6.35. The largest absolute Gasteiger partial charge is 0.384 e. The van der Waals surface area contributed by atoms with E-state index in [1.165, 1.54) is 18.5 Å². The molecule has 0 aromatic carbocycles. The van der Waals surface area contributed by atoms with E-state index in [0.29, 0.717) is 4.75 Å². The highest BCUT2D eigenvalue weighted by molar-refractivity contribution is 8.00. The number of hydrogen-bond donors (Lipinski definition) is 1. The van der Waals surface area contributed by atoms with Gasteiger partial charge in [0.05, 0.1) is 0 Å². The molecule has 1 fully saturated rings. The van der Waals surface area contributed by atoms with Crippen molar-refractivity contribution in [3.63, 3.8) is 0 Å². The third kappa shape index (κ3) is 2.15.